The van der Waals surface area contributed by atoms with E-state index >= 15 is 0 Å². The quantitative estimate of drug-likeness (QED) is 0.815. The topological polar surface area (TPSA) is 80.4 Å². The zero-order valence-electron chi connectivity index (χ0n) is 11.4. The van der Waals surface area contributed by atoms with Crippen LogP contribution in [0.15, 0.2) is 42.5 Å². The van der Waals surface area contributed by atoms with Crippen LogP contribution in [0.1, 0.15) is 15.8 Å². The normalized spacial score (nSPS) is 13.8. The molecule has 0 bridgehead atoms. The van der Waals surface area contributed by atoms with Crippen LogP contribution in [0.2, 0.25) is 0 Å². The predicted octanol–water partition coefficient (Wildman–Crippen LogP) is 3.60. The highest BCUT2D eigenvalue weighted by Crippen LogP contribution is 2.36. The Morgan fingerprint density at radius 2 is 1.57 bits per heavy atom. The van der Waals surface area contributed by atoms with Crippen molar-refractivity contribution in [3.05, 3.63) is 53.6 Å². The lowest BCUT2D eigenvalue weighted by Crippen LogP contribution is -2.17. The minimum absolute atomic E-state index is 0.107. The molecular weight excluding hydrogens is 355 g/mol. The van der Waals surface area contributed by atoms with Crippen LogP contribution >= 0.6 is 11.6 Å². The molecule has 3 N–H and O–H groups in total. The summed E-state index contributed by atoms with van der Waals surface area (Å²) in [5.74, 6) is -0.420. The molecule has 0 aliphatic rings. The molecular formula is C14H11ClF3NO3S. The number of rotatable bonds is 3. The Balaban J connectivity index is 2.38. The number of benzene rings is 2. The molecule has 0 saturated heterocycles. The fourth-order valence-electron chi connectivity index (χ4n) is 1.94. The van der Waals surface area contributed by atoms with Crippen molar-refractivity contribution in [2.75, 3.05) is 0 Å². The monoisotopic (exact) mass is 365 g/mol. The van der Waals surface area contributed by atoms with Crippen LogP contribution in [0.25, 0.3) is 11.1 Å². The molecule has 0 aliphatic carbocycles. The second kappa shape index (κ2) is 6.03. The van der Waals surface area contributed by atoms with E-state index < -0.39 is 32.2 Å². The van der Waals surface area contributed by atoms with E-state index in [2.05, 4.69) is 0 Å². The summed E-state index contributed by atoms with van der Waals surface area (Å²) in [6.45, 7) is 0. The third-order valence-electron chi connectivity index (χ3n) is 3.11. The molecule has 23 heavy (non-hydrogen) atoms. The Hall–Kier alpha value is -1.77. The molecule has 0 fully saturated rings. The highest BCUT2D eigenvalue weighted by atomic mass is 35.5. The van der Waals surface area contributed by atoms with E-state index in [0.717, 1.165) is 12.1 Å². The lowest BCUT2D eigenvalue weighted by molar-refractivity contribution is -0.137. The number of phenolic OH excluding ortho intramolecular Hbond substituents is 1. The van der Waals surface area contributed by atoms with Gasteiger partial charge in [-0.05, 0) is 29.3 Å². The highest BCUT2D eigenvalue weighted by molar-refractivity contribution is 7.90. The van der Waals surface area contributed by atoms with Gasteiger partial charge in [-0.3, -0.25) is 0 Å². The molecule has 0 heterocycles. The van der Waals surface area contributed by atoms with Gasteiger partial charge in [0.1, 0.15) is 5.75 Å². The summed E-state index contributed by atoms with van der Waals surface area (Å²) in [6, 6.07) is 8.20. The van der Waals surface area contributed by atoms with E-state index in [0.29, 0.717) is 11.1 Å². The molecule has 2 aromatic rings. The van der Waals surface area contributed by atoms with Crippen molar-refractivity contribution < 1.29 is 26.7 Å². The van der Waals surface area contributed by atoms with Gasteiger partial charge in [0.25, 0.3) is 0 Å². The summed E-state index contributed by atoms with van der Waals surface area (Å²) in [5.41, 5.74) is -0.0817. The van der Waals surface area contributed by atoms with Gasteiger partial charge in [0.2, 0.25) is 10.0 Å². The maximum atomic E-state index is 12.5. The Morgan fingerprint density at radius 3 is 2.00 bits per heavy atom. The summed E-state index contributed by atoms with van der Waals surface area (Å²) in [7, 11) is -4.10. The lowest BCUT2D eigenvalue weighted by Gasteiger charge is -2.12. The first-order valence-electron chi connectivity index (χ1n) is 6.16. The highest BCUT2D eigenvalue weighted by Gasteiger charge is 2.30. The standard InChI is InChI=1S/C14H11ClF3NO3S/c15-13(23(19,21)22)11-6-3-9(7-12(11)20)8-1-4-10(5-2-8)14(16,17)18/h1-7,13,20H,(H2,19,21,22). The van der Waals surface area contributed by atoms with Gasteiger partial charge in [-0.25, -0.2) is 13.6 Å². The first kappa shape index (κ1) is 17.6. The van der Waals surface area contributed by atoms with Crippen LogP contribution in [0.4, 0.5) is 13.2 Å². The van der Waals surface area contributed by atoms with Gasteiger partial charge >= 0.3 is 6.18 Å². The number of phenols is 1. The van der Waals surface area contributed by atoms with Crippen molar-refractivity contribution in [1.29, 1.82) is 0 Å². The number of hydrogen-bond acceptors (Lipinski definition) is 3. The minimum Gasteiger partial charge on any atom is -0.508 e. The van der Waals surface area contributed by atoms with Crippen LogP contribution < -0.4 is 5.14 Å². The molecule has 0 saturated carbocycles. The van der Waals surface area contributed by atoms with Gasteiger partial charge < -0.3 is 5.11 Å². The van der Waals surface area contributed by atoms with Crippen LogP contribution in [-0.4, -0.2) is 13.5 Å². The van der Waals surface area contributed by atoms with Crippen molar-refractivity contribution in [1.82, 2.24) is 0 Å². The Labute approximate surface area is 135 Å². The largest absolute Gasteiger partial charge is 0.508 e. The molecule has 9 heteroatoms. The van der Waals surface area contributed by atoms with E-state index in [-0.39, 0.29) is 5.56 Å². The third kappa shape index (κ3) is 3.95. The number of halogens is 4. The predicted molar refractivity (Wildman–Crippen MR) is 80.2 cm³/mol. The van der Waals surface area contributed by atoms with Gasteiger partial charge in [0.15, 0.2) is 4.71 Å². The number of sulfonamides is 1. The SMILES string of the molecule is NS(=O)(=O)C(Cl)c1ccc(-c2ccc(C(F)(F)F)cc2)cc1O. The zero-order valence-corrected chi connectivity index (χ0v) is 13.0. The fraction of sp³-hybridized carbons (Fsp3) is 0.143. The molecule has 0 aromatic heterocycles. The molecule has 2 aromatic carbocycles. The summed E-state index contributed by atoms with van der Waals surface area (Å²) >= 11 is 5.66. The van der Waals surface area contributed by atoms with Gasteiger partial charge in [0, 0.05) is 5.56 Å². The van der Waals surface area contributed by atoms with E-state index in [9.17, 15) is 26.7 Å². The zero-order chi connectivity index (χ0) is 17.4. The number of nitrogens with two attached hydrogens (primary N) is 1. The summed E-state index contributed by atoms with van der Waals surface area (Å²) in [5, 5.41) is 14.8. The molecule has 2 rings (SSSR count). The Kier molecular flexibility index (Phi) is 4.61. The summed E-state index contributed by atoms with van der Waals surface area (Å²) < 4.78 is 58.3. The van der Waals surface area contributed by atoms with E-state index in [1.54, 1.807) is 0 Å². The molecule has 0 amide bonds. The number of alkyl halides is 4. The van der Waals surface area contributed by atoms with E-state index in [1.807, 2.05) is 0 Å². The van der Waals surface area contributed by atoms with Crippen molar-refractivity contribution in [2.24, 2.45) is 5.14 Å². The molecule has 1 atom stereocenters. The Morgan fingerprint density at radius 1 is 1.04 bits per heavy atom. The smallest absolute Gasteiger partial charge is 0.416 e. The van der Waals surface area contributed by atoms with Gasteiger partial charge in [-0.2, -0.15) is 13.2 Å². The number of hydrogen-bond donors (Lipinski definition) is 2. The Bertz CT molecular complexity index is 820. The van der Waals surface area contributed by atoms with Crippen LogP contribution in [0.5, 0.6) is 5.75 Å². The lowest BCUT2D eigenvalue weighted by atomic mass is 10.0. The van der Waals surface area contributed by atoms with E-state index in [1.165, 1.54) is 30.3 Å². The fourth-order valence-corrected chi connectivity index (χ4v) is 2.68. The second-order valence-corrected chi connectivity index (χ2v) is 7.10. The van der Waals surface area contributed by atoms with Crippen LogP contribution in [0.3, 0.4) is 0 Å². The van der Waals surface area contributed by atoms with Gasteiger partial charge in [0.05, 0.1) is 5.56 Å². The molecule has 0 aliphatic heterocycles. The molecule has 124 valence electrons. The number of primary sulfonamides is 1. The maximum Gasteiger partial charge on any atom is 0.416 e. The first-order valence-corrected chi connectivity index (χ1v) is 8.21. The van der Waals surface area contributed by atoms with Crippen molar-refractivity contribution >= 4 is 21.6 Å². The third-order valence-corrected chi connectivity index (χ3v) is 4.92. The molecule has 0 radical (unpaired) electrons. The average molecular weight is 366 g/mol. The molecule has 1 unspecified atom stereocenters. The van der Waals surface area contributed by atoms with Crippen LogP contribution in [0, 0.1) is 0 Å². The molecule has 4 nitrogen and oxygen atoms in total. The summed E-state index contributed by atoms with van der Waals surface area (Å²) in [6.07, 6.45) is -4.44. The summed E-state index contributed by atoms with van der Waals surface area (Å²) in [4.78, 5) is 0. The second-order valence-electron chi connectivity index (χ2n) is 4.75. The van der Waals surface area contributed by atoms with E-state index in [4.69, 9.17) is 16.7 Å². The average Bonchev–Trinajstić information content (AvgIpc) is 2.45. The van der Waals surface area contributed by atoms with Crippen molar-refractivity contribution in [3.63, 3.8) is 0 Å². The van der Waals surface area contributed by atoms with Crippen LogP contribution in [-0.2, 0) is 16.2 Å². The van der Waals surface area contributed by atoms with Crippen molar-refractivity contribution in [3.8, 4) is 16.9 Å². The molecule has 0 spiro atoms. The first-order chi connectivity index (χ1) is 10.5. The van der Waals surface area contributed by atoms with Gasteiger partial charge in [-0.1, -0.05) is 35.9 Å². The van der Waals surface area contributed by atoms with Gasteiger partial charge in [-0.15, -0.1) is 0 Å². The minimum atomic E-state index is -4.44. The maximum absolute atomic E-state index is 12.5. The number of aromatic hydroxyl groups is 1. The van der Waals surface area contributed by atoms with Crippen molar-refractivity contribution in [2.45, 2.75) is 10.9 Å².